The third-order valence-corrected chi connectivity index (χ3v) is 3.06. The van der Waals surface area contributed by atoms with Crippen LogP contribution in [0.5, 0.6) is 0 Å². The zero-order valence-electron chi connectivity index (χ0n) is 10.5. The fraction of sp³-hybridized carbons (Fsp3) is 0.769. The molecule has 0 saturated heterocycles. The van der Waals surface area contributed by atoms with Crippen LogP contribution in [0.2, 0.25) is 0 Å². The van der Waals surface area contributed by atoms with Gasteiger partial charge in [0.2, 0.25) is 0 Å². The zero-order chi connectivity index (χ0) is 11.9. The molecule has 88 valence electrons. The number of carboxylic acids is 1. The van der Waals surface area contributed by atoms with Crippen molar-refractivity contribution in [3.63, 3.8) is 0 Å². The first-order chi connectivity index (χ1) is 6.90. The largest absolute Gasteiger partial charge is 0.478 e. The van der Waals surface area contributed by atoms with Gasteiger partial charge in [0, 0.05) is 6.08 Å². The van der Waals surface area contributed by atoms with Crippen molar-refractivity contribution < 1.29 is 9.90 Å². The van der Waals surface area contributed by atoms with E-state index in [4.69, 9.17) is 5.11 Å². The van der Waals surface area contributed by atoms with Gasteiger partial charge in [-0.25, -0.2) is 4.79 Å². The Morgan fingerprint density at radius 3 is 2.33 bits per heavy atom. The number of carbonyl (C=O) groups is 1. The fourth-order valence-corrected chi connectivity index (χ4v) is 1.57. The number of carboxylic acid groups (broad SMARTS) is 1. The number of rotatable bonds is 7. The van der Waals surface area contributed by atoms with Crippen LogP contribution in [-0.4, -0.2) is 11.1 Å². The molecule has 0 aliphatic heterocycles. The van der Waals surface area contributed by atoms with Crippen molar-refractivity contribution in [2.75, 3.05) is 0 Å². The molecule has 0 rings (SSSR count). The second-order valence-corrected chi connectivity index (χ2v) is 4.86. The Kier molecular flexibility index (Phi) is 6.30. The predicted octanol–water partition coefficient (Wildman–Crippen LogP) is 4.01. The van der Waals surface area contributed by atoms with Crippen LogP contribution < -0.4 is 0 Å². The highest BCUT2D eigenvalue weighted by Gasteiger charge is 2.19. The van der Waals surface area contributed by atoms with Crippen molar-refractivity contribution in [1.29, 1.82) is 0 Å². The Hall–Kier alpha value is -0.790. The normalized spacial score (nSPS) is 12.9. The lowest BCUT2D eigenvalue weighted by Gasteiger charge is -2.25. The maximum atomic E-state index is 10.6. The minimum atomic E-state index is -0.839. The molecule has 0 heterocycles. The van der Waals surface area contributed by atoms with Crippen LogP contribution >= 0.6 is 0 Å². The Morgan fingerprint density at radius 2 is 1.87 bits per heavy atom. The molecule has 0 aliphatic rings. The highest BCUT2D eigenvalue weighted by molar-refractivity contribution is 5.80. The molecule has 2 heteroatoms. The molecule has 0 amide bonds. The van der Waals surface area contributed by atoms with Gasteiger partial charge >= 0.3 is 5.97 Å². The van der Waals surface area contributed by atoms with Crippen LogP contribution in [0.3, 0.4) is 0 Å². The second kappa shape index (κ2) is 6.65. The SMILES string of the molecule is CCCCCCC(C)(C)/C(C)=C/C(=O)O. The van der Waals surface area contributed by atoms with Crippen molar-refractivity contribution >= 4 is 5.97 Å². The van der Waals surface area contributed by atoms with E-state index in [0.717, 1.165) is 12.0 Å². The highest BCUT2D eigenvalue weighted by atomic mass is 16.4. The zero-order valence-corrected chi connectivity index (χ0v) is 10.5. The topological polar surface area (TPSA) is 37.3 Å². The summed E-state index contributed by atoms with van der Waals surface area (Å²) < 4.78 is 0. The van der Waals surface area contributed by atoms with E-state index in [1.165, 1.54) is 31.8 Å². The third kappa shape index (κ3) is 6.32. The van der Waals surface area contributed by atoms with Crippen LogP contribution in [0.4, 0.5) is 0 Å². The van der Waals surface area contributed by atoms with E-state index >= 15 is 0 Å². The maximum absolute atomic E-state index is 10.6. The summed E-state index contributed by atoms with van der Waals surface area (Å²) in [4.78, 5) is 10.6. The molecule has 0 spiro atoms. The molecule has 0 aromatic rings. The van der Waals surface area contributed by atoms with Gasteiger partial charge in [0.15, 0.2) is 0 Å². The van der Waals surface area contributed by atoms with Gasteiger partial charge in [-0.15, -0.1) is 0 Å². The average Bonchev–Trinajstić information content (AvgIpc) is 2.11. The molecule has 15 heavy (non-hydrogen) atoms. The van der Waals surface area contributed by atoms with Gasteiger partial charge < -0.3 is 5.11 Å². The Morgan fingerprint density at radius 1 is 1.27 bits per heavy atom. The maximum Gasteiger partial charge on any atom is 0.328 e. The monoisotopic (exact) mass is 212 g/mol. The van der Waals surface area contributed by atoms with E-state index in [1.54, 1.807) is 0 Å². The number of allylic oxidation sites excluding steroid dienone is 1. The molecule has 0 aromatic heterocycles. The van der Waals surface area contributed by atoms with Gasteiger partial charge in [0.25, 0.3) is 0 Å². The molecular formula is C13H24O2. The molecule has 0 aliphatic carbocycles. The van der Waals surface area contributed by atoms with Crippen molar-refractivity contribution in [2.45, 2.75) is 59.8 Å². The predicted molar refractivity (Wildman–Crippen MR) is 63.9 cm³/mol. The van der Waals surface area contributed by atoms with Crippen molar-refractivity contribution in [1.82, 2.24) is 0 Å². The summed E-state index contributed by atoms with van der Waals surface area (Å²) in [5.41, 5.74) is 0.984. The molecule has 2 nitrogen and oxygen atoms in total. The highest BCUT2D eigenvalue weighted by Crippen LogP contribution is 2.32. The van der Waals surface area contributed by atoms with Crippen LogP contribution in [0.1, 0.15) is 59.8 Å². The number of unbranched alkanes of at least 4 members (excludes halogenated alkanes) is 3. The minimum Gasteiger partial charge on any atom is -0.478 e. The van der Waals surface area contributed by atoms with Crippen molar-refractivity contribution in [2.24, 2.45) is 5.41 Å². The molecule has 0 bridgehead atoms. The first-order valence-electron chi connectivity index (χ1n) is 5.82. The fourth-order valence-electron chi connectivity index (χ4n) is 1.57. The lowest BCUT2D eigenvalue weighted by molar-refractivity contribution is -0.131. The van der Waals surface area contributed by atoms with Gasteiger partial charge in [-0.05, 0) is 18.8 Å². The Bertz CT molecular complexity index is 227. The number of aliphatic carboxylic acids is 1. The molecule has 0 radical (unpaired) electrons. The standard InChI is InChI=1S/C13H24O2/c1-5-6-7-8-9-13(3,4)11(2)10-12(14)15/h10H,5-9H2,1-4H3,(H,14,15)/b11-10+. The van der Waals surface area contributed by atoms with Crippen LogP contribution in [-0.2, 0) is 4.79 Å². The summed E-state index contributed by atoms with van der Waals surface area (Å²) in [6.45, 7) is 8.34. The molecule has 0 aromatic carbocycles. The molecule has 0 saturated carbocycles. The van der Waals surface area contributed by atoms with Gasteiger partial charge in [-0.2, -0.15) is 0 Å². The van der Waals surface area contributed by atoms with Gasteiger partial charge in [0.05, 0.1) is 0 Å². The number of hydrogen-bond acceptors (Lipinski definition) is 1. The van der Waals surface area contributed by atoms with Crippen LogP contribution in [0.25, 0.3) is 0 Å². The van der Waals surface area contributed by atoms with Gasteiger partial charge in [-0.3, -0.25) is 0 Å². The van der Waals surface area contributed by atoms with Crippen LogP contribution in [0.15, 0.2) is 11.6 Å². The Balaban J connectivity index is 4.10. The molecule has 0 unspecified atom stereocenters. The average molecular weight is 212 g/mol. The number of hydrogen-bond donors (Lipinski definition) is 1. The first kappa shape index (κ1) is 14.2. The van der Waals surface area contributed by atoms with Crippen molar-refractivity contribution in [3.8, 4) is 0 Å². The third-order valence-electron chi connectivity index (χ3n) is 3.06. The van der Waals surface area contributed by atoms with E-state index < -0.39 is 5.97 Å². The van der Waals surface area contributed by atoms with E-state index in [9.17, 15) is 4.79 Å². The van der Waals surface area contributed by atoms with Crippen molar-refractivity contribution in [3.05, 3.63) is 11.6 Å². The molecule has 1 N–H and O–H groups in total. The summed E-state index contributed by atoms with van der Waals surface area (Å²) in [5.74, 6) is -0.839. The van der Waals surface area contributed by atoms with Gasteiger partial charge in [0.1, 0.15) is 0 Å². The summed E-state index contributed by atoms with van der Waals surface area (Å²) >= 11 is 0. The van der Waals surface area contributed by atoms with E-state index in [-0.39, 0.29) is 5.41 Å². The second-order valence-electron chi connectivity index (χ2n) is 4.86. The van der Waals surface area contributed by atoms with E-state index in [2.05, 4.69) is 20.8 Å². The van der Waals surface area contributed by atoms with E-state index in [1.807, 2.05) is 6.92 Å². The summed E-state index contributed by atoms with van der Waals surface area (Å²) in [6, 6.07) is 0. The lowest BCUT2D eigenvalue weighted by Crippen LogP contribution is -2.14. The van der Waals surface area contributed by atoms with E-state index in [0.29, 0.717) is 0 Å². The molecule has 0 fully saturated rings. The minimum absolute atomic E-state index is 0.0200. The van der Waals surface area contributed by atoms with Crippen LogP contribution in [0, 0.1) is 5.41 Å². The molecular weight excluding hydrogens is 188 g/mol. The lowest BCUT2D eigenvalue weighted by atomic mass is 9.80. The summed E-state index contributed by atoms with van der Waals surface area (Å²) in [7, 11) is 0. The summed E-state index contributed by atoms with van der Waals surface area (Å²) in [5, 5.41) is 8.68. The summed E-state index contributed by atoms with van der Waals surface area (Å²) in [6.07, 6.45) is 7.36. The quantitative estimate of drug-likeness (QED) is 0.511. The van der Waals surface area contributed by atoms with Gasteiger partial charge in [-0.1, -0.05) is 52.0 Å². The Labute approximate surface area is 93.4 Å². The first-order valence-corrected chi connectivity index (χ1v) is 5.82. The smallest absolute Gasteiger partial charge is 0.328 e. The molecule has 0 atom stereocenters.